The van der Waals surface area contributed by atoms with E-state index in [2.05, 4.69) is 25.8 Å². The lowest BCUT2D eigenvalue weighted by molar-refractivity contribution is -0.245. The number of hydrogen-bond acceptors (Lipinski definition) is 7. The number of ether oxygens (including phenoxy) is 2. The molecule has 10 heteroatoms. The normalized spacial score (nSPS) is 32.1. The SMILES string of the molecule is O=C(Nc1ccc(C2OC(CSc3ncn[nH]3)CC(c3ccc(CO)cc3)O2)cc1)NC12CC3CC(CC(C3)C1)C2. The Morgan fingerprint density at radius 3 is 2.27 bits per heavy atom. The number of thioether (sulfide) groups is 1. The first-order chi connectivity index (χ1) is 20.0. The average molecular weight is 576 g/mol. The van der Waals surface area contributed by atoms with Crippen LogP contribution in [0.15, 0.2) is 60.0 Å². The second kappa shape index (κ2) is 11.4. The molecule has 3 aromatic rings. The first-order valence-corrected chi connectivity index (χ1v) is 15.7. The van der Waals surface area contributed by atoms with Crippen LogP contribution in [0.3, 0.4) is 0 Å². The highest BCUT2D eigenvalue weighted by Gasteiger charge is 2.51. The van der Waals surface area contributed by atoms with E-state index in [0.29, 0.717) is 12.2 Å². The van der Waals surface area contributed by atoms with E-state index in [0.717, 1.165) is 64.6 Å². The van der Waals surface area contributed by atoms with Crippen molar-refractivity contribution in [2.24, 2.45) is 17.8 Å². The second-order valence-electron chi connectivity index (χ2n) is 12.4. The van der Waals surface area contributed by atoms with Gasteiger partial charge >= 0.3 is 6.03 Å². The Hall–Kier alpha value is -2.92. The van der Waals surface area contributed by atoms with Crippen LogP contribution in [-0.2, 0) is 16.1 Å². The minimum absolute atomic E-state index is 0.00886. The molecule has 41 heavy (non-hydrogen) atoms. The topological polar surface area (TPSA) is 121 Å². The van der Waals surface area contributed by atoms with Crippen molar-refractivity contribution in [2.45, 2.75) is 80.7 Å². The van der Waals surface area contributed by atoms with E-state index < -0.39 is 6.29 Å². The molecule has 3 atom stereocenters. The smallest absolute Gasteiger partial charge is 0.319 e. The molecule has 4 saturated carbocycles. The minimum Gasteiger partial charge on any atom is -0.392 e. The molecular formula is C31H37N5O4S. The van der Waals surface area contributed by atoms with Crippen molar-refractivity contribution in [3.63, 3.8) is 0 Å². The van der Waals surface area contributed by atoms with Gasteiger partial charge in [0.15, 0.2) is 11.4 Å². The van der Waals surface area contributed by atoms with Crippen LogP contribution < -0.4 is 10.6 Å². The zero-order valence-corrected chi connectivity index (χ0v) is 23.8. The third-order valence-corrected chi connectivity index (χ3v) is 10.3. The Kier molecular flexibility index (Phi) is 7.49. The van der Waals surface area contributed by atoms with Gasteiger partial charge < -0.3 is 25.2 Å². The van der Waals surface area contributed by atoms with Crippen molar-refractivity contribution >= 4 is 23.5 Å². The number of nitrogens with zero attached hydrogens (tertiary/aromatic N) is 2. The van der Waals surface area contributed by atoms with Crippen LogP contribution in [0.5, 0.6) is 0 Å². The Bertz CT molecular complexity index is 1300. The number of nitrogens with one attached hydrogen (secondary N) is 3. The summed E-state index contributed by atoms with van der Waals surface area (Å²) in [6.07, 6.45) is 8.84. The highest BCUT2D eigenvalue weighted by molar-refractivity contribution is 7.99. The number of carbonyl (C=O) groups is 1. The molecule has 5 aliphatic rings. The van der Waals surface area contributed by atoms with Crippen molar-refractivity contribution in [3.05, 3.63) is 71.5 Å². The molecule has 1 aromatic heterocycles. The Morgan fingerprint density at radius 2 is 1.63 bits per heavy atom. The minimum atomic E-state index is -0.554. The lowest BCUT2D eigenvalue weighted by Crippen LogP contribution is -2.60. The largest absolute Gasteiger partial charge is 0.392 e. The molecule has 3 unspecified atom stereocenters. The van der Waals surface area contributed by atoms with Crippen LogP contribution in [0.4, 0.5) is 10.5 Å². The van der Waals surface area contributed by atoms with Crippen LogP contribution in [-0.4, -0.2) is 43.7 Å². The quantitative estimate of drug-likeness (QED) is 0.253. The lowest BCUT2D eigenvalue weighted by atomic mass is 9.53. The Labute approximate surface area is 244 Å². The summed E-state index contributed by atoms with van der Waals surface area (Å²) in [5.74, 6) is 3.05. The van der Waals surface area contributed by atoms with Crippen molar-refractivity contribution in [1.29, 1.82) is 0 Å². The van der Waals surface area contributed by atoms with Crippen molar-refractivity contribution < 1.29 is 19.4 Å². The van der Waals surface area contributed by atoms with Gasteiger partial charge in [0, 0.05) is 29.0 Å². The molecule has 1 aliphatic heterocycles. The van der Waals surface area contributed by atoms with E-state index in [9.17, 15) is 9.90 Å². The summed E-state index contributed by atoms with van der Waals surface area (Å²) in [5.41, 5.74) is 3.53. The number of amides is 2. The Morgan fingerprint density at radius 1 is 0.951 bits per heavy atom. The number of benzene rings is 2. The molecular weight excluding hydrogens is 538 g/mol. The van der Waals surface area contributed by atoms with Gasteiger partial charge in [-0.15, -0.1) is 0 Å². The predicted octanol–water partition coefficient (Wildman–Crippen LogP) is 5.73. The molecule has 2 heterocycles. The number of anilines is 1. The van der Waals surface area contributed by atoms with Gasteiger partial charge in [0.1, 0.15) is 6.33 Å². The molecule has 216 valence electrons. The van der Waals surface area contributed by atoms with Crippen LogP contribution in [0, 0.1) is 17.8 Å². The number of aliphatic hydroxyl groups is 1. The number of aromatic nitrogens is 3. The summed E-state index contributed by atoms with van der Waals surface area (Å²) in [4.78, 5) is 17.3. The zero-order valence-electron chi connectivity index (χ0n) is 23.0. The molecule has 4 aliphatic carbocycles. The fourth-order valence-corrected chi connectivity index (χ4v) is 8.65. The summed E-state index contributed by atoms with van der Waals surface area (Å²) >= 11 is 1.57. The van der Waals surface area contributed by atoms with Gasteiger partial charge in [-0.3, -0.25) is 5.10 Å². The van der Waals surface area contributed by atoms with E-state index in [1.165, 1.54) is 25.6 Å². The van der Waals surface area contributed by atoms with E-state index in [-0.39, 0.29) is 30.4 Å². The van der Waals surface area contributed by atoms with Crippen LogP contribution in [0.25, 0.3) is 0 Å². The van der Waals surface area contributed by atoms with Crippen LogP contribution in [0.1, 0.15) is 74.0 Å². The van der Waals surface area contributed by atoms with Gasteiger partial charge in [0.2, 0.25) is 0 Å². The molecule has 8 rings (SSSR count). The molecule has 9 nitrogen and oxygen atoms in total. The van der Waals surface area contributed by atoms with Gasteiger partial charge in [-0.2, -0.15) is 5.10 Å². The number of urea groups is 1. The maximum Gasteiger partial charge on any atom is 0.319 e. The Balaban J connectivity index is 1.02. The molecule has 1 saturated heterocycles. The van der Waals surface area contributed by atoms with Gasteiger partial charge in [-0.1, -0.05) is 48.2 Å². The number of H-pyrrole nitrogens is 1. The number of aromatic amines is 1. The monoisotopic (exact) mass is 575 g/mol. The fraction of sp³-hybridized carbons (Fsp3) is 0.516. The summed E-state index contributed by atoms with van der Waals surface area (Å²) < 4.78 is 12.9. The van der Waals surface area contributed by atoms with Crippen molar-refractivity contribution in [1.82, 2.24) is 20.5 Å². The molecule has 5 fully saturated rings. The van der Waals surface area contributed by atoms with Crippen molar-refractivity contribution in [3.8, 4) is 0 Å². The molecule has 0 spiro atoms. The summed E-state index contributed by atoms with van der Waals surface area (Å²) in [6.45, 7) is 0.00886. The number of carbonyl (C=O) groups excluding carboxylic acids is 1. The second-order valence-corrected chi connectivity index (χ2v) is 13.4. The third kappa shape index (κ3) is 6.02. The zero-order chi connectivity index (χ0) is 27.8. The standard InChI is InChI=1S/C31H37N5O4S/c37-16-19-1-3-23(4-2-19)27-12-26(17-41-30-32-18-33-36-30)39-28(40-27)24-5-7-25(8-6-24)34-29(38)35-31-13-20-9-21(14-31)11-22(10-20)15-31/h1-8,18,20-22,26-28,37H,9-17H2,(H,32,33,36)(H2,34,35,38). The van der Waals surface area contributed by atoms with Gasteiger partial charge in [0.05, 0.1) is 18.8 Å². The summed E-state index contributed by atoms with van der Waals surface area (Å²) in [5, 5.41) is 23.5. The average Bonchev–Trinajstić information content (AvgIpc) is 3.49. The van der Waals surface area contributed by atoms with Gasteiger partial charge in [-0.05, 0) is 79.5 Å². The van der Waals surface area contributed by atoms with E-state index in [1.807, 2.05) is 48.5 Å². The fourth-order valence-electron chi connectivity index (χ4n) is 7.85. The highest BCUT2D eigenvalue weighted by Crippen LogP contribution is 2.55. The maximum absolute atomic E-state index is 13.0. The molecule has 4 N–H and O–H groups in total. The summed E-state index contributed by atoms with van der Waals surface area (Å²) in [7, 11) is 0. The van der Waals surface area contributed by atoms with Crippen LogP contribution in [0.2, 0.25) is 0 Å². The number of aliphatic hydroxyl groups excluding tert-OH is 1. The van der Waals surface area contributed by atoms with Gasteiger partial charge in [-0.25, -0.2) is 9.78 Å². The molecule has 4 bridgehead atoms. The van der Waals surface area contributed by atoms with E-state index in [4.69, 9.17) is 9.47 Å². The van der Waals surface area contributed by atoms with E-state index in [1.54, 1.807) is 11.8 Å². The predicted molar refractivity (Wildman–Crippen MR) is 155 cm³/mol. The van der Waals surface area contributed by atoms with Crippen molar-refractivity contribution in [2.75, 3.05) is 11.1 Å². The first-order valence-electron chi connectivity index (χ1n) is 14.7. The lowest BCUT2D eigenvalue weighted by Gasteiger charge is -2.56. The third-order valence-electron chi connectivity index (χ3n) is 9.27. The highest BCUT2D eigenvalue weighted by atomic mass is 32.2. The maximum atomic E-state index is 13.0. The number of rotatable bonds is 8. The van der Waals surface area contributed by atoms with Gasteiger partial charge in [0.25, 0.3) is 0 Å². The summed E-state index contributed by atoms with van der Waals surface area (Å²) in [6, 6.07) is 15.5. The van der Waals surface area contributed by atoms with Crippen LogP contribution >= 0.6 is 11.8 Å². The molecule has 0 radical (unpaired) electrons. The first kappa shape index (κ1) is 26.9. The number of hydrogen-bond donors (Lipinski definition) is 4. The van der Waals surface area contributed by atoms with E-state index >= 15 is 0 Å². The molecule has 2 amide bonds. The molecule has 2 aromatic carbocycles.